The first-order valence-corrected chi connectivity index (χ1v) is 6.70. The summed E-state index contributed by atoms with van der Waals surface area (Å²) in [5.41, 5.74) is 3.13. The highest BCUT2D eigenvalue weighted by Crippen LogP contribution is 2.08. The molecule has 2 heterocycles. The van der Waals surface area contributed by atoms with Crippen molar-refractivity contribution in [3.8, 4) is 0 Å². The van der Waals surface area contributed by atoms with Crippen molar-refractivity contribution in [3.63, 3.8) is 0 Å². The summed E-state index contributed by atoms with van der Waals surface area (Å²) >= 11 is 0. The number of imidazole rings is 1. The van der Waals surface area contributed by atoms with Crippen molar-refractivity contribution < 1.29 is 0 Å². The molecule has 110 valence electrons. The summed E-state index contributed by atoms with van der Waals surface area (Å²) in [6, 6.07) is 6.10. The summed E-state index contributed by atoms with van der Waals surface area (Å²) in [6.45, 7) is 8.48. The minimum absolute atomic E-state index is 0. The van der Waals surface area contributed by atoms with Gasteiger partial charge in [-0.25, -0.2) is 9.98 Å². The summed E-state index contributed by atoms with van der Waals surface area (Å²) in [7, 11) is 0. The highest BCUT2D eigenvalue weighted by Gasteiger charge is 2.03. The van der Waals surface area contributed by atoms with E-state index in [1.807, 2.05) is 18.3 Å². The van der Waals surface area contributed by atoms with Gasteiger partial charge in [0.1, 0.15) is 5.65 Å². The van der Waals surface area contributed by atoms with Crippen LogP contribution in [0.4, 0.5) is 0 Å². The number of aromatic nitrogens is 2. The summed E-state index contributed by atoms with van der Waals surface area (Å²) in [6.07, 6.45) is 2.05. The molecule has 2 aromatic heterocycles. The topological polar surface area (TPSA) is 53.7 Å². The molecular weight excluding hydrogens is 365 g/mol. The molecule has 0 aliphatic heterocycles. The maximum Gasteiger partial charge on any atom is 0.191 e. The molecule has 6 heteroatoms. The molecule has 0 amide bonds. The number of pyridine rings is 1. The average molecular weight is 387 g/mol. The van der Waals surface area contributed by atoms with Crippen LogP contribution in [0.3, 0.4) is 0 Å². The number of nitrogens with zero attached hydrogens (tertiary/aromatic N) is 3. The van der Waals surface area contributed by atoms with E-state index in [4.69, 9.17) is 0 Å². The van der Waals surface area contributed by atoms with E-state index in [-0.39, 0.29) is 24.0 Å². The third-order valence-corrected chi connectivity index (χ3v) is 2.83. The summed E-state index contributed by atoms with van der Waals surface area (Å²) in [5, 5.41) is 6.41. The second-order valence-corrected chi connectivity index (χ2v) is 4.35. The first kappa shape index (κ1) is 16.7. The fourth-order valence-electron chi connectivity index (χ4n) is 1.94. The van der Waals surface area contributed by atoms with Crippen LogP contribution in [0.1, 0.15) is 25.2 Å². The van der Waals surface area contributed by atoms with Gasteiger partial charge in [-0.2, -0.15) is 0 Å². The molecule has 0 radical (unpaired) electrons. The van der Waals surface area contributed by atoms with Crippen molar-refractivity contribution in [3.05, 3.63) is 35.8 Å². The van der Waals surface area contributed by atoms with E-state index < -0.39 is 0 Å². The molecular formula is C14H22IN5. The quantitative estimate of drug-likeness (QED) is 0.481. The van der Waals surface area contributed by atoms with Gasteiger partial charge in [-0.3, -0.25) is 0 Å². The van der Waals surface area contributed by atoms with E-state index in [9.17, 15) is 0 Å². The van der Waals surface area contributed by atoms with Crippen LogP contribution < -0.4 is 10.6 Å². The van der Waals surface area contributed by atoms with E-state index in [2.05, 4.69) is 51.8 Å². The van der Waals surface area contributed by atoms with Crippen LogP contribution in [0.25, 0.3) is 5.65 Å². The fourth-order valence-corrected chi connectivity index (χ4v) is 1.94. The molecule has 2 N–H and O–H groups in total. The molecule has 2 rings (SSSR count). The van der Waals surface area contributed by atoms with Crippen molar-refractivity contribution in [1.82, 2.24) is 20.0 Å². The second-order valence-electron chi connectivity index (χ2n) is 4.35. The normalized spacial score (nSPS) is 9.95. The SMILES string of the molecule is CCNC(=NCc1cn2c(C)cccc2n1)NCC.I. The zero-order chi connectivity index (χ0) is 13.7. The minimum atomic E-state index is 0. The van der Waals surface area contributed by atoms with E-state index in [1.165, 1.54) is 5.69 Å². The van der Waals surface area contributed by atoms with Crippen LogP contribution in [0, 0.1) is 6.92 Å². The van der Waals surface area contributed by atoms with Gasteiger partial charge in [0.2, 0.25) is 0 Å². The summed E-state index contributed by atoms with van der Waals surface area (Å²) < 4.78 is 2.09. The lowest BCUT2D eigenvalue weighted by Gasteiger charge is -2.08. The molecule has 0 saturated carbocycles. The Bertz CT molecular complexity index is 568. The third-order valence-electron chi connectivity index (χ3n) is 2.83. The van der Waals surface area contributed by atoms with Crippen molar-refractivity contribution in [1.29, 1.82) is 0 Å². The molecule has 20 heavy (non-hydrogen) atoms. The van der Waals surface area contributed by atoms with E-state index in [1.54, 1.807) is 0 Å². The van der Waals surface area contributed by atoms with Gasteiger partial charge in [0, 0.05) is 25.0 Å². The van der Waals surface area contributed by atoms with Gasteiger partial charge in [-0.05, 0) is 32.9 Å². The van der Waals surface area contributed by atoms with Gasteiger partial charge in [0.15, 0.2) is 5.96 Å². The van der Waals surface area contributed by atoms with Crippen molar-refractivity contribution in [2.24, 2.45) is 4.99 Å². The highest BCUT2D eigenvalue weighted by atomic mass is 127. The molecule has 0 atom stereocenters. The second kappa shape index (κ2) is 8.08. The molecule has 0 spiro atoms. The van der Waals surface area contributed by atoms with Crippen molar-refractivity contribution in [2.45, 2.75) is 27.3 Å². The Labute approximate surface area is 136 Å². The fraction of sp³-hybridized carbons (Fsp3) is 0.429. The number of aryl methyl sites for hydroxylation is 1. The standard InChI is InChI=1S/C14H21N5.HI/c1-4-15-14(16-5-2)17-9-12-10-19-11(3)7-6-8-13(19)18-12;/h6-8,10H,4-5,9H2,1-3H3,(H2,15,16,17);1H. The summed E-state index contributed by atoms with van der Waals surface area (Å²) in [5.74, 6) is 0.832. The van der Waals surface area contributed by atoms with Crippen LogP contribution in [0.2, 0.25) is 0 Å². The van der Waals surface area contributed by atoms with Gasteiger partial charge >= 0.3 is 0 Å². The molecule has 0 aliphatic carbocycles. The Balaban J connectivity index is 0.00000200. The van der Waals surface area contributed by atoms with Gasteiger partial charge < -0.3 is 15.0 Å². The molecule has 5 nitrogen and oxygen atoms in total. The van der Waals surface area contributed by atoms with Crippen LogP contribution in [0.15, 0.2) is 29.4 Å². The minimum Gasteiger partial charge on any atom is -0.357 e. The van der Waals surface area contributed by atoms with E-state index in [0.717, 1.165) is 30.4 Å². The molecule has 0 unspecified atom stereocenters. The number of rotatable bonds is 4. The Morgan fingerprint density at radius 2 is 1.95 bits per heavy atom. The Hall–Kier alpha value is -1.31. The Kier molecular flexibility index (Phi) is 6.77. The number of halogens is 1. The molecule has 0 aromatic carbocycles. The molecule has 2 aromatic rings. The van der Waals surface area contributed by atoms with Crippen molar-refractivity contribution >= 4 is 35.6 Å². The lowest BCUT2D eigenvalue weighted by molar-refractivity contribution is 0.835. The number of fused-ring (bicyclic) bond motifs is 1. The van der Waals surface area contributed by atoms with Gasteiger partial charge in [-0.1, -0.05) is 6.07 Å². The van der Waals surface area contributed by atoms with Gasteiger partial charge in [0.25, 0.3) is 0 Å². The number of hydrogen-bond donors (Lipinski definition) is 2. The van der Waals surface area contributed by atoms with E-state index >= 15 is 0 Å². The maximum absolute atomic E-state index is 4.57. The molecule has 0 bridgehead atoms. The zero-order valence-electron chi connectivity index (χ0n) is 12.2. The van der Waals surface area contributed by atoms with Crippen LogP contribution in [-0.4, -0.2) is 28.4 Å². The van der Waals surface area contributed by atoms with Gasteiger partial charge in [0.05, 0.1) is 12.2 Å². The highest BCUT2D eigenvalue weighted by molar-refractivity contribution is 14.0. The van der Waals surface area contributed by atoms with Crippen LogP contribution in [0.5, 0.6) is 0 Å². The predicted molar refractivity (Wildman–Crippen MR) is 93.8 cm³/mol. The maximum atomic E-state index is 4.57. The zero-order valence-corrected chi connectivity index (χ0v) is 14.5. The Morgan fingerprint density at radius 1 is 1.25 bits per heavy atom. The number of hydrogen-bond acceptors (Lipinski definition) is 2. The molecule has 0 aliphatic rings. The predicted octanol–water partition coefficient (Wildman–Crippen LogP) is 2.34. The largest absolute Gasteiger partial charge is 0.357 e. The number of nitrogens with one attached hydrogen (secondary N) is 2. The van der Waals surface area contributed by atoms with E-state index in [0.29, 0.717) is 6.54 Å². The smallest absolute Gasteiger partial charge is 0.191 e. The first-order valence-electron chi connectivity index (χ1n) is 6.70. The average Bonchev–Trinajstić information content (AvgIpc) is 2.81. The van der Waals surface area contributed by atoms with Crippen LogP contribution in [-0.2, 0) is 6.54 Å². The first-order chi connectivity index (χ1) is 9.24. The van der Waals surface area contributed by atoms with Crippen molar-refractivity contribution in [2.75, 3.05) is 13.1 Å². The summed E-state index contributed by atoms with van der Waals surface area (Å²) in [4.78, 5) is 9.08. The molecule has 0 fully saturated rings. The monoisotopic (exact) mass is 387 g/mol. The lowest BCUT2D eigenvalue weighted by atomic mass is 10.4. The van der Waals surface area contributed by atoms with Crippen LogP contribution >= 0.6 is 24.0 Å². The lowest BCUT2D eigenvalue weighted by Crippen LogP contribution is -2.36. The number of guanidine groups is 1. The van der Waals surface area contributed by atoms with Gasteiger partial charge in [-0.15, -0.1) is 24.0 Å². The molecule has 0 saturated heterocycles. The third kappa shape index (κ3) is 4.09. The Morgan fingerprint density at radius 3 is 2.55 bits per heavy atom. The number of aliphatic imine (C=N–C) groups is 1.